The van der Waals surface area contributed by atoms with Crippen molar-refractivity contribution in [1.82, 2.24) is 9.97 Å². The first-order valence-corrected chi connectivity index (χ1v) is 7.06. The molecule has 0 saturated carbocycles. The maximum atomic E-state index is 5.92. The molecule has 0 fully saturated rings. The molecule has 16 heavy (non-hydrogen) atoms. The minimum atomic E-state index is 0.389. The monoisotopic (exact) mass is 259 g/mol. The molecule has 0 amide bonds. The fourth-order valence-electron chi connectivity index (χ4n) is 1.29. The van der Waals surface area contributed by atoms with Crippen LogP contribution in [0.3, 0.4) is 0 Å². The minimum Gasteiger partial charge on any atom is -0.367 e. The Morgan fingerprint density at radius 3 is 2.81 bits per heavy atom. The van der Waals surface area contributed by atoms with E-state index in [9.17, 15) is 0 Å². The summed E-state index contributed by atoms with van der Waals surface area (Å²) in [5, 5.41) is 3.84. The first kappa shape index (κ1) is 13.6. The first-order chi connectivity index (χ1) is 7.65. The number of hydrogen-bond acceptors (Lipinski definition) is 4. The van der Waals surface area contributed by atoms with Crippen LogP contribution >= 0.6 is 23.4 Å². The van der Waals surface area contributed by atoms with Crippen LogP contribution in [0.1, 0.15) is 26.6 Å². The van der Waals surface area contributed by atoms with Crippen molar-refractivity contribution < 1.29 is 0 Å². The number of aryl methyl sites for hydroxylation is 1. The van der Waals surface area contributed by atoms with Gasteiger partial charge >= 0.3 is 0 Å². The van der Waals surface area contributed by atoms with Gasteiger partial charge in [0.25, 0.3) is 0 Å². The number of nitrogens with zero attached hydrogens (tertiary/aromatic N) is 2. The number of aromatic nitrogens is 2. The van der Waals surface area contributed by atoms with Crippen molar-refractivity contribution in [3.8, 4) is 0 Å². The summed E-state index contributed by atoms with van der Waals surface area (Å²) in [6.07, 6.45) is 0.799. The summed E-state index contributed by atoms with van der Waals surface area (Å²) in [6, 6.07) is 2.16. The van der Waals surface area contributed by atoms with E-state index in [1.807, 2.05) is 18.7 Å². The molecule has 0 radical (unpaired) electrons. The maximum Gasteiger partial charge on any atom is 0.134 e. The fourth-order valence-corrected chi connectivity index (χ4v) is 2.16. The van der Waals surface area contributed by atoms with Crippen LogP contribution in [-0.4, -0.2) is 27.5 Å². The van der Waals surface area contributed by atoms with E-state index < -0.39 is 0 Å². The molecule has 1 unspecified atom stereocenters. The molecule has 1 heterocycles. The number of thioether (sulfide) groups is 1. The Kier molecular flexibility index (Phi) is 5.91. The van der Waals surface area contributed by atoms with Gasteiger partial charge in [-0.15, -0.1) is 0 Å². The van der Waals surface area contributed by atoms with Gasteiger partial charge in [0.15, 0.2) is 0 Å². The SMILES string of the molecule is CCSCC(C)Nc1cc(Cl)nc(CC)n1. The summed E-state index contributed by atoms with van der Waals surface area (Å²) in [6.45, 7) is 6.32. The fraction of sp³-hybridized carbons (Fsp3) is 0.636. The highest BCUT2D eigenvalue weighted by Gasteiger charge is 2.05. The van der Waals surface area contributed by atoms with Crippen molar-refractivity contribution in [2.75, 3.05) is 16.8 Å². The molecular weight excluding hydrogens is 242 g/mol. The zero-order valence-electron chi connectivity index (χ0n) is 9.96. The van der Waals surface area contributed by atoms with E-state index in [0.717, 1.165) is 29.6 Å². The van der Waals surface area contributed by atoms with E-state index in [0.29, 0.717) is 11.2 Å². The third-order valence-electron chi connectivity index (χ3n) is 2.02. The minimum absolute atomic E-state index is 0.389. The summed E-state index contributed by atoms with van der Waals surface area (Å²) in [7, 11) is 0. The van der Waals surface area contributed by atoms with E-state index in [-0.39, 0.29) is 0 Å². The molecule has 1 rings (SSSR count). The predicted octanol–water partition coefficient (Wildman–Crippen LogP) is 3.25. The Labute approximate surface area is 106 Å². The van der Waals surface area contributed by atoms with E-state index in [2.05, 4.69) is 29.1 Å². The lowest BCUT2D eigenvalue weighted by Crippen LogP contribution is -2.19. The molecule has 1 atom stereocenters. The van der Waals surface area contributed by atoms with Crippen molar-refractivity contribution >= 4 is 29.2 Å². The normalized spacial score (nSPS) is 12.5. The topological polar surface area (TPSA) is 37.8 Å². The molecule has 0 saturated heterocycles. The zero-order valence-corrected chi connectivity index (χ0v) is 11.5. The second-order valence-corrected chi connectivity index (χ2v) is 5.26. The van der Waals surface area contributed by atoms with E-state index in [1.165, 1.54) is 0 Å². The molecule has 0 aliphatic rings. The Hall–Kier alpha value is -0.480. The van der Waals surface area contributed by atoms with Crippen LogP contribution < -0.4 is 5.32 Å². The quantitative estimate of drug-likeness (QED) is 0.796. The van der Waals surface area contributed by atoms with Crippen LogP contribution in [0, 0.1) is 0 Å². The Morgan fingerprint density at radius 2 is 2.19 bits per heavy atom. The van der Waals surface area contributed by atoms with E-state index in [4.69, 9.17) is 11.6 Å². The number of halogens is 1. The second kappa shape index (κ2) is 6.97. The Morgan fingerprint density at radius 1 is 1.44 bits per heavy atom. The summed E-state index contributed by atoms with van der Waals surface area (Å²) in [5.74, 6) is 3.81. The lowest BCUT2D eigenvalue weighted by molar-refractivity contribution is 0.877. The van der Waals surface area contributed by atoms with Crippen molar-refractivity contribution in [3.05, 3.63) is 17.0 Å². The van der Waals surface area contributed by atoms with Gasteiger partial charge in [-0.25, -0.2) is 9.97 Å². The number of nitrogens with one attached hydrogen (secondary N) is 1. The van der Waals surface area contributed by atoms with E-state index in [1.54, 1.807) is 6.07 Å². The van der Waals surface area contributed by atoms with Crippen LogP contribution in [0.2, 0.25) is 5.15 Å². The maximum absolute atomic E-state index is 5.92. The summed E-state index contributed by atoms with van der Waals surface area (Å²) in [4.78, 5) is 8.52. The average molecular weight is 260 g/mol. The summed E-state index contributed by atoms with van der Waals surface area (Å²) in [5.41, 5.74) is 0. The smallest absolute Gasteiger partial charge is 0.134 e. The Balaban J connectivity index is 2.61. The van der Waals surface area contributed by atoms with Crippen molar-refractivity contribution in [2.45, 2.75) is 33.2 Å². The van der Waals surface area contributed by atoms with Gasteiger partial charge in [-0.05, 0) is 12.7 Å². The second-order valence-electron chi connectivity index (χ2n) is 3.55. The van der Waals surface area contributed by atoms with Gasteiger partial charge in [0.05, 0.1) is 0 Å². The highest BCUT2D eigenvalue weighted by molar-refractivity contribution is 7.99. The van der Waals surface area contributed by atoms with Crippen LogP contribution in [0.4, 0.5) is 5.82 Å². The molecular formula is C11H18ClN3S. The van der Waals surface area contributed by atoms with Crippen molar-refractivity contribution in [2.24, 2.45) is 0 Å². The third-order valence-corrected chi connectivity index (χ3v) is 3.36. The number of rotatable bonds is 6. The van der Waals surface area contributed by atoms with Gasteiger partial charge in [0.1, 0.15) is 16.8 Å². The number of anilines is 1. The first-order valence-electron chi connectivity index (χ1n) is 5.53. The Bertz CT molecular complexity index is 333. The lowest BCUT2D eigenvalue weighted by atomic mass is 10.4. The summed E-state index contributed by atoms with van der Waals surface area (Å²) < 4.78 is 0. The van der Waals surface area contributed by atoms with Crippen LogP contribution in [0.5, 0.6) is 0 Å². The molecule has 1 N–H and O–H groups in total. The van der Waals surface area contributed by atoms with Gasteiger partial charge < -0.3 is 5.32 Å². The lowest BCUT2D eigenvalue weighted by Gasteiger charge is -2.14. The molecule has 0 spiro atoms. The highest BCUT2D eigenvalue weighted by atomic mass is 35.5. The van der Waals surface area contributed by atoms with Crippen LogP contribution in [-0.2, 0) is 6.42 Å². The molecule has 0 aliphatic heterocycles. The van der Waals surface area contributed by atoms with Gasteiger partial charge in [-0.2, -0.15) is 11.8 Å². The molecule has 5 heteroatoms. The molecule has 1 aromatic rings. The molecule has 0 aliphatic carbocycles. The standard InChI is InChI=1S/C11H18ClN3S/c1-4-10-14-9(12)6-11(15-10)13-8(3)7-16-5-2/h6,8H,4-5,7H2,1-3H3,(H,13,14,15). The molecule has 1 aromatic heterocycles. The highest BCUT2D eigenvalue weighted by Crippen LogP contribution is 2.14. The van der Waals surface area contributed by atoms with Crippen LogP contribution in [0.15, 0.2) is 6.07 Å². The van der Waals surface area contributed by atoms with Gasteiger partial charge in [-0.1, -0.05) is 25.4 Å². The average Bonchev–Trinajstić information content (AvgIpc) is 2.25. The van der Waals surface area contributed by atoms with Crippen molar-refractivity contribution in [1.29, 1.82) is 0 Å². The van der Waals surface area contributed by atoms with Gasteiger partial charge in [-0.3, -0.25) is 0 Å². The van der Waals surface area contributed by atoms with Crippen LogP contribution in [0.25, 0.3) is 0 Å². The predicted molar refractivity (Wildman–Crippen MR) is 72.5 cm³/mol. The summed E-state index contributed by atoms with van der Waals surface area (Å²) >= 11 is 7.83. The van der Waals surface area contributed by atoms with Gasteiger partial charge in [0.2, 0.25) is 0 Å². The molecule has 3 nitrogen and oxygen atoms in total. The molecule has 0 aromatic carbocycles. The molecule has 90 valence electrons. The van der Waals surface area contributed by atoms with Crippen molar-refractivity contribution in [3.63, 3.8) is 0 Å². The third kappa shape index (κ3) is 4.58. The number of hydrogen-bond donors (Lipinski definition) is 1. The zero-order chi connectivity index (χ0) is 12.0. The van der Waals surface area contributed by atoms with Gasteiger partial charge in [0, 0.05) is 24.3 Å². The molecule has 0 bridgehead atoms. The van der Waals surface area contributed by atoms with E-state index >= 15 is 0 Å². The largest absolute Gasteiger partial charge is 0.367 e.